The Bertz CT molecular complexity index is 288. The first kappa shape index (κ1) is 11.2. The molecule has 0 heterocycles. The van der Waals surface area contributed by atoms with E-state index < -0.39 is 0 Å². The molecule has 1 aromatic carbocycles. The Morgan fingerprint density at radius 3 is 2.47 bits per heavy atom. The van der Waals surface area contributed by atoms with Crippen LogP contribution in [0.3, 0.4) is 0 Å². The lowest BCUT2D eigenvalue weighted by Gasteiger charge is -2.09. The second kappa shape index (κ2) is 5.66. The van der Waals surface area contributed by atoms with Gasteiger partial charge in [0, 0.05) is 11.1 Å². The van der Waals surface area contributed by atoms with Gasteiger partial charge in [-0.1, -0.05) is 40.9 Å². The zero-order valence-electron chi connectivity index (χ0n) is 8.92. The number of halogens is 1. The van der Waals surface area contributed by atoms with E-state index in [1.54, 1.807) is 0 Å². The Balaban J connectivity index is 1.71. The molecule has 1 aliphatic carbocycles. The maximum atomic E-state index is 5.73. The molecule has 2 rings (SSSR count). The average molecular weight is 269 g/mol. The second-order valence-electron chi connectivity index (χ2n) is 4.29. The molecule has 1 fully saturated rings. The van der Waals surface area contributed by atoms with Gasteiger partial charge in [-0.15, -0.1) is 0 Å². The van der Waals surface area contributed by atoms with Gasteiger partial charge in [-0.05, 0) is 36.5 Å². The lowest BCUT2D eigenvalue weighted by atomic mass is 10.1. The third-order valence-corrected chi connectivity index (χ3v) is 3.54. The van der Waals surface area contributed by atoms with E-state index in [4.69, 9.17) is 4.74 Å². The van der Waals surface area contributed by atoms with Gasteiger partial charge >= 0.3 is 0 Å². The Morgan fingerprint density at radius 1 is 1.13 bits per heavy atom. The van der Waals surface area contributed by atoms with Crippen LogP contribution in [0.1, 0.15) is 31.2 Å². The van der Waals surface area contributed by atoms with Crippen molar-refractivity contribution >= 4 is 15.9 Å². The lowest BCUT2D eigenvalue weighted by Crippen LogP contribution is -2.05. The first-order valence-corrected chi connectivity index (χ1v) is 6.46. The summed E-state index contributed by atoms with van der Waals surface area (Å²) in [5.74, 6) is 0.820. The summed E-state index contributed by atoms with van der Waals surface area (Å²) in [6, 6.07) is 8.35. The predicted octanol–water partition coefficient (Wildman–Crippen LogP) is 4.16. The fourth-order valence-electron chi connectivity index (χ4n) is 2.10. The molecule has 0 aromatic heterocycles. The van der Waals surface area contributed by atoms with Crippen LogP contribution in [0.15, 0.2) is 28.7 Å². The number of benzene rings is 1. The maximum absolute atomic E-state index is 5.73. The molecule has 0 amide bonds. The number of ether oxygens (including phenoxy) is 1. The largest absolute Gasteiger partial charge is 0.376 e. The third-order valence-electron chi connectivity index (χ3n) is 3.01. The normalized spacial score (nSPS) is 17.1. The maximum Gasteiger partial charge on any atom is 0.0717 e. The Labute approximate surface area is 100.0 Å². The van der Waals surface area contributed by atoms with Gasteiger partial charge in [-0.2, -0.15) is 0 Å². The van der Waals surface area contributed by atoms with Crippen molar-refractivity contribution < 1.29 is 4.74 Å². The van der Waals surface area contributed by atoms with Crippen LogP contribution in [-0.2, 0) is 11.3 Å². The van der Waals surface area contributed by atoms with Crippen LogP contribution in [0, 0.1) is 5.92 Å². The van der Waals surface area contributed by atoms with Crippen molar-refractivity contribution in [3.8, 4) is 0 Å². The summed E-state index contributed by atoms with van der Waals surface area (Å²) in [5.41, 5.74) is 1.26. The first-order valence-electron chi connectivity index (χ1n) is 5.67. The molecule has 15 heavy (non-hydrogen) atoms. The number of rotatable bonds is 4. The Hall–Kier alpha value is -0.340. The Morgan fingerprint density at radius 2 is 1.80 bits per heavy atom. The van der Waals surface area contributed by atoms with Crippen molar-refractivity contribution in [3.63, 3.8) is 0 Å². The fourth-order valence-corrected chi connectivity index (χ4v) is 2.37. The summed E-state index contributed by atoms with van der Waals surface area (Å²) < 4.78 is 6.86. The Kier molecular flexibility index (Phi) is 4.21. The molecule has 0 unspecified atom stereocenters. The van der Waals surface area contributed by atoms with Crippen LogP contribution in [0.4, 0.5) is 0 Å². The molecular formula is C13H17BrO. The van der Waals surface area contributed by atoms with Crippen molar-refractivity contribution in [1.82, 2.24) is 0 Å². The minimum absolute atomic E-state index is 0.754. The predicted molar refractivity (Wildman–Crippen MR) is 65.8 cm³/mol. The van der Waals surface area contributed by atoms with E-state index in [-0.39, 0.29) is 0 Å². The first-order chi connectivity index (χ1) is 7.34. The molecule has 0 radical (unpaired) electrons. The molecule has 82 valence electrons. The highest BCUT2D eigenvalue weighted by molar-refractivity contribution is 9.10. The highest BCUT2D eigenvalue weighted by Gasteiger charge is 2.14. The molecule has 0 spiro atoms. The molecule has 0 aliphatic heterocycles. The summed E-state index contributed by atoms with van der Waals surface area (Å²) in [5, 5.41) is 0. The lowest BCUT2D eigenvalue weighted by molar-refractivity contribution is 0.0889. The average Bonchev–Trinajstić information content (AvgIpc) is 2.74. The van der Waals surface area contributed by atoms with Crippen molar-refractivity contribution in [2.24, 2.45) is 5.92 Å². The minimum atomic E-state index is 0.754. The smallest absolute Gasteiger partial charge is 0.0717 e. The van der Waals surface area contributed by atoms with Crippen LogP contribution in [0.2, 0.25) is 0 Å². The summed E-state index contributed by atoms with van der Waals surface area (Å²) in [7, 11) is 0. The van der Waals surface area contributed by atoms with Gasteiger partial charge in [0.1, 0.15) is 0 Å². The van der Waals surface area contributed by atoms with Gasteiger partial charge in [0.2, 0.25) is 0 Å². The minimum Gasteiger partial charge on any atom is -0.376 e. The molecule has 1 saturated carbocycles. The van der Waals surface area contributed by atoms with Gasteiger partial charge in [0.25, 0.3) is 0 Å². The van der Waals surface area contributed by atoms with Gasteiger partial charge in [0.05, 0.1) is 6.61 Å². The van der Waals surface area contributed by atoms with E-state index in [2.05, 4.69) is 40.2 Å². The summed E-state index contributed by atoms with van der Waals surface area (Å²) in [4.78, 5) is 0. The van der Waals surface area contributed by atoms with Crippen LogP contribution in [0.25, 0.3) is 0 Å². The standard InChI is InChI=1S/C13H17BrO/c14-13-7-5-12(6-8-13)10-15-9-11-3-1-2-4-11/h5-8,11H,1-4,9-10H2. The van der Waals surface area contributed by atoms with Crippen LogP contribution >= 0.6 is 15.9 Å². The van der Waals surface area contributed by atoms with Crippen LogP contribution < -0.4 is 0 Å². The quantitative estimate of drug-likeness (QED) is 0.797. The molecule has 1 nitrogen and oxygen atoms in total. The second-order valence-corrected chi connectivity index (χ2v) is 5.21. The van der Waals surface area contributed by atoms with Crippen LogP contribution in [-0.4, -0.2) is 6.61 Å². The monoisotopic (exact) mass is 268 g/mol. The van der Waals surface area contributed by atoms with E-state index in [9.17, 15) is 0 Å². The molecule has 0 bridgehead atoms. The third kappa shape index (κ3) is 3.62. The van der Waals surface area contributed by atoms with Gasteiger partial charge in [-0.3, -0.25) is 0 Å². The zero-order valence-corrected chi connectivity index (χ0v) is 10.5. The van der Waals surface area contributed by atoms with Gasteiger partial charge in [0.15, 0.2) is 0 Å². The summed E-state index contributed by atoms with van der Waals surface area (Å²) in [6.07, 6.45) is 5.51. The SMILES string of the molecule is Brc1ccc(COCC2CCCC2)cc1. The molecule has 0 N–H and O–H groups in total. The molecule has 1 aliphatic rings. The van der Waals surface area contributed by atoms with E-state index in [0.717, 1.165) is 23.6 Å². The molecule has 0 atom stereocenters. The van der Waals surface area contributed by atoms with Gasteiger partial charge in [-0.25, -0.2) is 0 Å². The summed E-state index contributed by atoms with van der Waals surface area (Å²) in [6.45, 7) is 1.69. The van der Waals surface area contributed by atoms with E-state index in [1.165, 1.54) is 31.2 Å². The fraction of sp³-hybridized carbons (Fsp3) is 0.538. The van der Waals surface area contributed by atoms with E-state index >= 15 is 0 Å². The highest BCUT2D eigenvalue weighted by Crippen LogP contribution is 2.25. The van der Waals surface area contributed by atoms with Crippen molar-refractivity contribution in [3.05, 3.63) is 34.3 Å². The molecular weight excluding hydrogens is 252 g/mol. The number of hydrogen-bond acceptors (Lipinski definition) is 1. The molecule has 2 heteroatoms. The summed E-state index contributed by atoms with van der Waals surface area (Å²) >= 11 is 3.43. The topological polar surface area (TPSA) is 9.23 Å². The van der Waals surface area contributed by atoms with Crippen molar-refractivity contribution in [1.29, 1.82) is 0 Å². The highest BCUT2D eigenvalue weighted by atomic mass is 79.9. The molecule has 1 aromatic rings. The zero-order chi connectivity index (χ0) is 10.5. The van der Waals surface area contributed by atoms with Crippen molar-refractivity contribution in [2.45, 2.75) is 32.3 Å². The van der Waals surface area contributed by atoms with Crippen molar-refractivity contribution in [2.75, 3.05) is 6.61 Å². The van der Waals surface area contributed by atoms with E-state index in [0.29, 0.717) is 0 Å². The van der Waals surface area contributed by atoms with E-state index in [1.807, 2.05) is 0 Å². The molecule has 0 saturated heterocycles. The number of hydrogen-bond donors (Lipinski definition) is 0. The van der Waals surface area contributed by atoms with Gasteiger partial charge < -0.3 is 4.74 Å². The van der Waals surface area contributed by atoms with Crippen LogP contribution in [0.5, 0.6) is 0 Å².